The maximum Gasteiger partial charge on any atom is 0.0487 e. The highest BCUT2D eigenvalue weighted by Crippen LogP contribution is 2.28. The van der Waals surface area contributed by atoms with Gasteiger partial charge in [-0.15, -0.1) is 0 Å². The van der Waals surface area contributed by atoms with E-state index < -0.39 is 0 Å². The summed E-state index contributed by atoms with van der Waals surface area (Å²) in [4.78, 5) is 0. The Morgan fingerprint density at radius 3 is 2.29 bits per heavy atom. The molecule has 0 N–H and O–H groups in total. The first-order chi connectivity index (χ1) is 6.77. The van der Waals surface area contributed by atoms with Crippen LogP contribution in [0.25, 0.3) is 11.1 Å². The van der Waals surface area contributed by atoms with Crippen LogP contribution in [0.3, 0.4) is 0 Å². The van der Waals surface area contributed by atoms with Crippen LogP contribution in [0.15, 0.2) is 48.5 Å². The second kappa shape index (κ2) is 3.85. The fourth-order valence-corrected chi connectivity index (χ4v) is 1.72. The molecule has 0 fully saturated rings. The van der Waals surface area contributed by atoms with Crippen LogP contribution in [-0.2, 0) is 0 Å². The molecule has 1 heteroatoms. The molecule has 0 aromatic heterocycles. The Balaban J connectivity index is 2.53. The fraction of sp³-hybridized carbons (Fsp3) is 0. The molecule has 0 heterocycles. The molecule has 0 bridgehead atoms. The van der Waals surface area contributed by atoms with E-state index in [1.807, 2.05) is 48.5 Å². The summed E-state index contributed by atoms with van der Waals surface area (Å²) < 4.78 is 0. The highest BCUT2D eigenvalue weighted by molar-refractivity contribution is 6.33. The van der Waals surface area contributed by atoms with E-state index in [1.165, 1.54) is 0 Å². The van der Waals surface area contributed by atoms with Crippen LogP contribution in [0.5, 0.6) is 0 Å². The third-order valence-electron chi connectivity index (χ3n) is 2.12. The number of hydrogen-bond donors (Lipinski definition) is 0. The molecule has 2 aromatic carbocycles. The van der Waals surface area contributed by atoms with E-state index in [-0.39, 0.29) is 0 Å². The number of benzene rings is 2. The molecule has 2 rings (SSSR count). The molecule has 0 nitrogen and oxygen atoms in total. The highest BCUT2D eigenvalue weighted by atomic mass is 35.5. The van der Waals surface area contributed by atoms with Gasteiger partial charge in [-0.1, -0.05) is 54.1 Å². The van der Waals surface area contributed by atoms with Crippen LogP contribution in [0.2, 0.25) is 5.02 Å². The predicted molar refractivity (Wildman–Crippen MR) is 61.3 cm³/mol. The van der Waals surface area contributed by atoms with Gasteiger partial charge in [0, 0.05) is 10.6 Å². The van der Waals surface area contributed by atoms with E-state index in [0.29, 0.717) is 0 Å². The van der Waals surface area contributed by atoms with Crippen molar-refractivity contribution in [3.8, 4) is 11.1 Å². The summed E-state index contributed by atoms with van der Waals surface area (Å²) in [5, 5.41) is 0.753. The average Bonchev–Trinajstić information content (AvgIpc) is 2.19. The monoisotopic (exact) mass is 201 g/mol. The van der Waals surface area contributed by atoms with Gasteiger partial charge in [0.1, 0.15) is 0 Å². The molecule has 0 aliphatic heterocycles. The molecule has 0 spiro atoms. The molecule has 2 aromatic rings. The minimum absolute atomic E-state index is 0.753. The van der Waals surface area contributed by atoms with E-state index in [4.69, 9.17) is 11.6 Å². The van der Waals surface area contributed by atoms with Gasteiger partial charge in [0.25, 0.3) is 0 Å². The molecular formula is C13H10Cl. The van der Waals surface area contributed by atoms with Crippen molar-refractivity contribution in [2.45, 2.75) is 0 Å². The minimum atomic E-state index is 0.753. The van der Waals surface area contributed by atoms with Crippen LogP contribution in [-0.4, -0.2) is 0 Å². The molecule has 0 saturated carbocycles. The van der Waals surface area contributed by atoms with Gasteiger partial charge in [0.15, 0.2) is 0 Å². The molecule has 69 valence electrons. The summed E-state index contributed by atoms with van der Waals surface area (Å²) in [6, 6.07) is 15.9. The Morgan fingerprint density at radius 2 is 1.64 bits per heavy atom. The third-order valence-corrected chi connectivity index (χ3v) is 2.43. The Bertz CT molecular complexity index is 432. The molecule has 0 unspecified atom stereocenters. The molecule has 0 aliphatic rings. The summed E-state index contributed by atoms with van der Waals surface area (Å²) >= 11 is 6.12. The highest BCUT2D eigenvalue weighted by Gasteiger charge is 2.01. The first-order valence-electron chi connectivity index (χ1n) is 4.44. The van der Waals surface area contributed by atoms with E-state index in [2.05, 4.69) is 6.92 Å². The van der Waals surface area contributed by atoms with Crippen molar-refractivity contribution < 1.29 is 0 Å². The Morgan fingerprint density at radius 1 is 0.929 bits per heavy atom. The summed E-state index contributed by atoms with van der Waals surface area (Å²) in [5.74, 6) is 0. The summed E-state index contributed by atoms with van der Waals surface area (Å²) in [6.07, 6.45) is 0. The van der Waals surface area contributed by atoms with Gasteiger partial charge in [0.2, 0.25) is 0 Å². The first kappa shape index (κ1) is 9.29. The molecule has 0 amide bonds. The van der Waals surface area contributed by atoms with Crippen LogP contribution in [0, 0.1) is 6.92 Å². The van der Waals surface area contributed by atoms with Gasteiger partial charge >= 0.3 is 0 Å². The van der Waals surface area contributed by atoms with Crippen molar-refractivity contribution in [1.82, 2.24) is 0 Å². The third kappa shape index (κ3) is 1.80. The lowest BCUT2D eigenvalue weighted by molar-refractivity contribution is 1.57. The Kier molecular flexibility index (Phi) is 2.55. The summed E-state index contributed by atoms with van der Waals surface area (Å²) in [6.45, 7) is 3.83. The molecule has 0 atom stereocenters. The quantitative estimate of drug-likeness (QED) is 0.649. The van der Waals surface area contributed by atoms with Gasteiger partial charge in [-0.25, -0.2) is 0 Å². The molecule has 0 saturated heterocycles. The van der Waals surface area contributed by atoms with Crippen LogP contribution >= 0.6 is 11.6 Å². The maximum absolute atomic E-state index is 6.12. The lowest BCUT2D eigenvalue weighted by Crippen LogP contribution is -1.80. The zero-order valence-electron chi connectivity index (χ0n) is 7.70. The molecular weight excluding hydrogens is 192 g/mol. The van der Waals surface area contributed by atoms with Gasteiger partial charge < -0.3 is 0 Å². The zero-order chi connectivity index (χ0) is 9.97. The summed E-state index contributed by atoms with van der Waals surface area (Å²) in [5.41, 5.74) is 3.13. The first-order valence-corrected chi connectivity index (χ1v) is 4.82. The van der Waals surface area contributed by atoms with E-state index in [1.54, 1.807) is 0 Å². The van der Waals surface area contributed by atoms with Gasteiger partial charge in [-0.2, -0.15) is 0 Å². The van der Waals surface area contributed by atoms with E-state index in [9.17, 15) is 0 Å². The van der Waals surface area contributed by atoms with Gasteiger partial charge in [-0.05, 0) is 24.1 Å². The second-order valence-corrected chi connectivity index (χ2v) is 3.59. The van der Waals surface area contributed by atoms with Crippen LogP contribution < -0.4 is 0 Å². The van der Waals surface area contributed by atoms with E-state index in [0.717, 1.165) is 21.7 Å². The SMILES string of the molecule is [CH2]c1ccc(-c2ccccc2)c(Cl)c1. The van der Waals surface area contributed by atoms with Crippen molar-refractivity contribution in [3.05, 3.63) is 66.0 Å². The fourth-order valence-electron chi connectivity index (χ4n) is 1.41. The largest absolute Gasteiger partial charge is 0.0837 e. The van der Waals surface area contributed by atoms with Gasteiger partial charge in [-0.3, -0.25) is 0 Å². The average molecular weight is 202 g/mol. The molecule has 1 radical (unpaired) electrons. The lowest BCUT2D eigenvalue weighted by atomic mass is 10.0. The van der Waals surface area contributed by atoms with Crippen molar-refractivity contribution in [2.24, 2.45) is 0 Å². The predicted octanol–water partition coefficient (Wildman–Crippen LogP) is 4.19. The topological polar surface area (TPSA) is 0 Å². The van der Waals surface area contributed by atoms with Gasteiger partial charge in [0.05, 0.1) is 0 Å². The normalized spacial score (nSPS) is 10.1. The Labute approximate surface area is 89.2 Å². The van der Waals surface area contributed by atoms with Crippen molar-refractivity contribution in [1.29, 1.82) is 0 Å². The van der Waals surface area contributed by atoms with Crippen LogP contribution in [0.1, 0.15) is 5.56 Å². The van der Waals surface area contributed by atoms with Crippen molar-refractivity contribution >= 4 is 11.6 Å². The van der Waals surface area contributed by atoms with E-state index >= 15 is 0 Å². The Hall–Kier alpha value is -1.27. The smallest absolute Gasteiger partial charge is 0.0487 e. The minimum Gasteiger partial charge on any atom is -0.0837 e. The van der Waals surface area contributed by atoms with Crippen LogP contribution in [0.4, 0.5) is 0 Å². The van der Waals surface area contributed by atoms with Crippen molar-refractivity contribution in [2.75, 3.05) is 0 Å². The number of hydrogen-bond acceptors (Lipinski definition) is 0. The van der Waals surface area contributed by atoms with Crippen molar-refractivity contribution in [3.63, 3.8) is 0 Å². The zero-order valence-corrected chi connectivity index (χ0v) is 8.46. The molecule has 0 aliphatic carbocycles. The second-order valence-electron chi connectivity index (χ2n) is 3.18. The standard InChI is InChI=1S/C13H10Cl/c1-10-7-8-12(13(14)9-10)11-5-3-2-4-6-11/h2-9H,1H2. The number of halogens is 1. The summed E-state index contributed by atoms with van der Waals surface area (Å²) in [7, 11) is 0. The number of rotatable bonds is 1. The molecule has 14 heavy (non-hydrogen) atoms. The lowest BCUT2D eigenvalue weighted by Gasteiger charge is -2.04. The maximum atomic E-state index is 6.12.